The summed E-state index contributed by atoms with van der Waals surface area (Å²) in [5, 5.41) is 23.4. The summed E-state index contributed by atoms with van der Waals surface area (Å²) in [5.74, 6) is -2.95. The number of esters is 1. The Kier molecular flexibility index (Phi) is 12.4. The minimum Gasteiger partial charge on any atom is -0.481 e. The van der Waals surface area contributed by atoms with Crippen LogP contribution in [0.25, 0.3) is 11.3 Å². The largest absolute Gasteiger partial charge is 0.481 e. The summed E-state index contributed by atoms with van der Waals surface area (Å²) < 4.78 is 52.5. The Labute approximate surface area is 419 Å². The van der Waals surface area contributed by atoms with Crippen LogP contribution in [0.1, 0.15) is 149 Å². The molecule has 0 bridgehead atoms. The Morgan fingerprint density at radius 3 is 2.12 bits per heavy atom. The molecule has 6 aliphatic carbocycles. The molecule has 72 heavy (non-hydrogen) atoms. The van der Waals surface area contributed by atoms with E-state index in [4.69, 9.17) is 9.47 Å². The lowest BCUT2D eigenvalue weighted by Crippen LogP contribution is -2.77. The number of carbonyl (C=O) groups is 6. The first-order valence-corrected chi connectivity index (χ1v) is 26.0. The first-order chi connectivity index (χ1) is 33.5. The highest BCUT2D eigenvalue weighted by Gasteiger charge is 2.71. The number of ether oxygens (including phenoxy) is 2. The molecule has 9 rings (SSSR count). The number of allylic oxidation sites excluding steroid dienone is 1. The molecule has 0 radical (unpaired) electrons. The lowest BCUT2D eigenvalue weighted by molar-refractivity contribution is -0.235. The molecule has 2 amide bonds. The molecule has 1 aromatic heterocycles. The number of rotatable bonds is 10. The van der Waals surface area contributed by atoms with Gasteiger partial charge in [-0.3, -0.25) is 24.0 Å². The van der Waals surface area contributed by atoms with Crippen molar-refractivity contribution < 1.29 is 56.5 Å². The summed E-state index contributed by atoms with van der Waals surface area (Å²) in [6, 6.07) is 5.45. The third-order valence-corrected chi connectivity index (χ3v) is 20.4. The highest BCUT2D eigenvalue weighted by Crippen LogP contribution is 2.76. The van der Waals surface area contributed by atoms with E-state index in [1.807, 2.05) is 27.7 Å². The number of aromatic nitrogens is 2. The maximum absolute atomic E-state index is 15.0. The number of hydrogen-bond donors (Lipinski definition) is 4. The molecule has 4 N–H and O–H groups in total. The fourth-order valence-electron chi connectivity index (χ4n) is 16.0. The Morgan fingerprint density at radius 2 is 1.54 bits per heavy atom. The van der Waals surface area contributed by atoms with Crippen LogP contribution in [0.2, 0.25) is 0 Å². The van der Waals surface area contributed by atoms with Crippen molar-refractivity contribution in [1.29, 1.82) is 0 Å². The number of carbonyl (C=O) groups excluding carboxylic acids is 5. The van der Waals surface area contributed by atoms with Crippen molar-refractivity contribution in [1.82, 2.24) is 25.7 Å². The number of nitrogens with zero attached hydrogens (tertiary/aromatic N) is 2. The maximum Gasteiger partial charge on any atom is 0.435 e. The van der Waals surface area contributed by atoms with Crippen LogP contribution in [0.15, 0.2) is 41.5 Å². The summed E-state index contributed by atoms with van der Waals surface area (Å²) in [6.07, 6.45) is 1.11. The first kappa shape index (κ1) is 51.8. The molecule has 392 valence electrons. The van der Waals surface area contributed by atoms with E-state index in [9.17, 15) is 42.3 Å². The number of benzene rings is 1. The molecule has 2 aromatic rings. The minimum atomic E-state index is -4.57. The number of halogens is 3. The average Bonchev–Trinajstić information content (AvgIpc) is 3.85. The summed E-state index contributed by atoms with van der Waals surface area (Å²) in [5.41, 5.74) is -2.97. The smallest absolute Gasteiger partial charge is 0.435 e. The van der Waals surface area contributed by atoms with Crippen molar-refractivity contribution in [2.45, 2.75) is 157 Å². The van der Waals surface area contributed by atoms with Crippen LogP contribution in [-0.4, -0.2) is 87.4 Å². The van der Waals surface area contributed by atoms with Gasteiger partial charge in [-0.1, -0.05) is 74.4 Å². The van der Waals surface area contributed by atoms with Crippen molar-refractivity contribution in [2.24, 2.45) is 62.6 Å². The van der Waals surface area contributed by atoms with Gasteiger partial charge in [-0.25, -0.2) is 4.79 Å². The van der Waals surface area contributed by atoms with Crippen LogP contribution in [-0.2, 0) is 34.8 Å². The van der Waals surface area contributed by atoms with Gasteiger partial charge in [-0.2, -0.15) is 23.0 Å². The van der Waals surface area contributed by atoms with Gasteiger partial charge in [0.1, 0.15) is 17.3 Å². The van der Waals surface area contributed by atoms with Crippen molar-refractivity contribution in [3.63, 3.8) is 0 Å². The van der Waals surface area contributed by atoms with Gasteiger partial charge >= 0.3 is 24.2 Å². The molecule has 6 fully saturated rings. The fraction of sp³-hybridized carbons (Fsp3) is 0.691. The number of amides is 2. The third kappa shape index (κ3) is 7.68. The number of carboxylic acid groups (broad SMARTS) is 1. The quantitative estimate of drug-likeness (QED) is 0.166. The molecular weight excluding hydrogens is 932 g/mol. The Morgan fingerprint density at radius 1 is 0.861 bits per heavy atom. The zero-order valence-electron chi connectivity index (χ0n) is 43.4. The van der Waals surface area contributed by atoms with Crippen LogP contribution in [0.5, 0.6) is 0 Å². The number of aliphatic carboxylic acids is 1. The summed E-state index contributed by atoms with van der Waals surface area (Å²) in [7, 11) is 0. The second-order valence-corrected chi connectivity index (χ2v) is 24.8. The van der Waals surface area contributed by atoms with E-state index in [0.29, 0.717) is 18.8 Å². The van der Waals surface area contributed by atoms with Crippen molar-refractivity contribution in [3.05, 3.63) is 52.7 Å². The third-order valence-electron chi connectivity index (χ3n) is 20.4. The Bertz CT molecular complexity index is 2630. The van der Waals surface area contributed by atoms with E-state index >= 15 is 4.79 Å². The van der Waals surface area contributed by atoms with Gasteiger partial charge in [0.15, 0.2) is 5.78 Å². The van der Waals surface area contributed by atoms with Crippen molar-refractivity contribution >= 4 is 35.6 Å². The molecule has 1 saturated heterocycles. The molecule has 0 unspecified atom stereocenters. The molecule has 17 heteroatoms. The van der Waals surface area contributed by atoms with Gasteiger partial charge in [-0.15, -0.1) is 0 Å². The van der Waals surface area contributed by atoms with Crippen LogP contribution < -0.4 is 16.0 Å². The lowest BCUT2D eigenvalue weighted by atomic mass is 9.33. The fourth-order valence-corrected chi connectivity index (χ4v) is 16.0. The highest BCUT2D eigenvalue weighted by atomic mass is 19.4. The van der Waals surface area contributed by atoms with Crippen molar-refractivity contribution in [3.8, 4) is 11.3 Å². The highest BCUT2D eigenvalue weighted by molar-refractivity contribution is 6.04. The van der Waals surface area contributed by atoms with E-state index < -0.39 is 63.9 Å². The number of carboxylic acids is 1. The van der Waals surface area contributed by atoms with Crippen molar-refractivity contribution in [2.75, 3.05) is 19.7 Å². The number of ketones is 1. The monoisotopic (exact) mass is 1000 g/mol. The molecule has 2 heterocycles. The molecule has 10 atom stereocenters. The topological polar surface area (TPSA) is 195 Å². The van der Waals surface area contributed by atoms with E-state index in [1.54, 1.807) is 6.92 Å². The molecule has 1 aromatic carbocycles. The van der Waals surface area contributed by atoms with Crippen LogP contribution in [0.3, 0.4) is 0 Å². The van der Waals surface area contributed by atoms with E-state index in [2.05, 4.69) is 55.7 Å². The van der Waals surface area contributed by atoms with Gasteiger partial charge < -0.3 is 30.5 Å². The maximum atomic E-state index is 15.0. The zero-order valence-corrected chi connectivity index (χ0v) is 43.4. The minimum absolute atomic E-state index is 0.00447. The molecular formula is C55H72F3N5O9. The number of Topliss-reactive ketones (excluding diaryl/α,β-unsaturated/α-hetero) is 1. The molecule has 0 spiro atoms. The lowest BCUT2D eigenvalue weighted by Gasteiger charge is -2.72. The zero-order chi connectivity index (χ0) is 52.5. The van der Waals surface area contributed by atoms with Gasteiger partial charge in [0.2, 0.25) is 5.91 Å². The predicted molar refractivity (Wildman–Crippen MR) is 259 cm³/mol. The molecule has 7 aliphatic rings. The summed E-state index contributed by atoms with van der Waals surface area (Å²) in [4.78, 5) is 82.6. The van der Waals surface area contributed by atoms with Gasteiger partial charge in [0, 0.05) is 30.5 Å². The molecule has 14 nitrogen and oxygen atoms in total. The Balaban J connectivity index is 0.962. The number of alkyl halides is 3. The van der Waals surface area contributed by atoms with Gasteiger partial charge in [-0.05, 0) is 139 Å². The number of nitrogens with one attached hydrogen (secondary N) is 3. The van der Waals surface area contributed by atoms with E-state index in [1.165, 1.54) is 18.2 Å². The van der Waals surface area contributed by atoms with Gasteiger partial charge in [0.05, 0.1) is 35.2 Å². The standard InChI is InChI=1S/C55H72F3N5O9/c1-11-71-47(70)63-36(25-35(62-63)30-12-14-31(15-13-30)55(56,57)58)43(65)60-54(27-59-28-54)46(69)61-53-23-22-51(9)32(42(53)41(29(2)3)37(64)26-53)16-17-39-50(8)20-19-40(49(6,7)38(50)18-21-52(39,51)10)72-45(68)34-24-33(44(66)67)48(34,4)5/h12-15,25,29,32-34,38-40,59H,11,16-24,26-28H2,1-10H3,(H,60,65)(H,61,69)(H,66,67)/t32-,33+,34-,38+,39-,40+,50+,51-,52-,53-/m1/s1. The Hall–Kier alpha value is -5.06. The van der Waals surface area contributed by atoms with E-state index in [-0.39, 0.29) is 100 Å². The molecule has 5 saturated carbocycles. The second-order valence-electron chi connectivity index (χ2n) is 24.8. The summed E-state index contributed by atoms with van der Waals surface area (Å²) >= 11 is 0. The first-order valence-electron chi connectivity index (χ1n) is 26.0. The normalized spacial score (nSPS) is 35.1. The second kappa shape index (κ2) is 17.3. The van der Waals surface area contributed by atoms with Crippen LogP contribution in [0.4, 0.5) is 18.0 Å². The SMILES string of the molecule is CCOC(=O)n1nc(-c2ccc(C(F)(F)F)cc2)cc1C(=O)NC1(C(=O)N[C@@]23CC[C@]4(C)[C@H](CC[C@@H]5[C@@]6(C)CC[C@H](OC(=O)[C@H]7C[C@@H](C(=O)O)C7(C)C)C(C)(C)[C@@H]6CC[C@]54C)C2=C(C(C)C)C(=O)C3)CNC1. The van der Waals surface area contributed by atoms with E-state index in [0.717, 1.165) is 72.9 Å². The number of fused-ring (bicyclic) bond motifs is 7. The van der Waals surface area contributed by atoms with Crippen LogP contribution >= 0.6 is 0 Å². The molecule has 1 aliphatic heterocycles. The predicted octanol–water partition coefficient (Wildman–Crippen LogP) is 9.15. The van der Waals surface area contributed by atoms with Crippen LogP contribution in [0, 0.1) is 62.6 Å². The number of hydrogen-bond acceptors (Lipinski definition) is 10. The van der Waals surface area contributed by atoms with Gasteiger partial charge in [0.25, 0.3) is 5.91 Å². The average molecular weight is 1000 g/mol. The summed E-state index contributed by atoms with van der Waals surface area (Å²) in [6.45, 7) is 21.3.